The minimum Gasteiger partial charge on any atom is -0.378 e. The number of hydrogen-bond acceptors (Lipinski definition) is 5. The van der Waals surface area contributed by atoms with Crippen LogP contribution in [0.4, 0.5) is 5.82 Å². The highest BCUT2D eigenvalue weighted by atomic mass is 16.5. The Kier molecular flexibility index (Phi) is 4.43. The third-order valence-electron chi connectivity index (χ3n) is 2.88. The molecule has 1 heterocycles. The van der Waals surface area contributed by atoms with Gasteiger partial charge in [-0.25, -0.2) is 15.8 Å². The van der Waals surface area contributed by atoms with Gasteiger partial charge in [0.15, 0.2) is 0 Å². The van der Waals surface area contributed by atoms with Crippen molar-refractivity contribution in [2.24, 2.45) is 5.84 Å². The first-order valence-electron chi connectivity index (χ1n) is 6.10. The molecule has 0 aliphatic carbocycles. The first-order chi connectivity index (χ1) is 9.22. The number of rotatable bonds is 5. The van der Waals surface area contributed by atoms with Crippen LogP contribution in [0.2, 0.25) is 0 Å². The summed E-state index contributed by atoms with van der Waals surface area (Å²) in [5, 5.41) is 0. The zero-order chi connectivity index (χ0) is 13.7. The van der Waals surface area contributed by atoms with E-state index in [1.807, 2.05) is 12.1 Å². The molecule has 2 aromatic rings. The second-order valence-electron chi connectivity index (χ2n) is 4.34. The SMILES string of the molecule is COCc1cc(NN)nc(Cc2ccccc2C)n1. The third kappa shape index (κ3) is 3.49. The second-order valence-corrected chi connectivity index (χ2v) is 4.34. The van der Waals surface area contributed by atoms with Crippen LogP contribution in [0.5, 0.6) is 0 Å². The summed E-state index contributed by atoms with van der Waals surface area (Å²) in [4.78, 5) is 8.84. The lowest BCUT2D eigenvalue weighted by Gasteiger charge is -2.08. The van der Waals surface area contributed by atoms with E-state index in [9.17, 15) is 0 Å². The summed E-state index contributed by atoms with van der Waals surface area (Å²) in [6.45, 7) is 2.52. The molecule has 19 heavy (non-hydrogen) atoms. The summed E-state index contributed by atoms with van der Waals surface area (Å²) in [5.41, 5.74) is 5.81. The summed E-state index contributed by atoms with van der Waals surface area (Å²) in [7, 11) is 1.64. The van der Waals surface area contributed by atoms with Crippen molar-refractivity contribution in [1.29, 1.82) is 0 Å². The number of methoxy groups -OCH3 is 1. The molecule has 0 radical (unpaired) electrons. The monoisotopic (exact) mass is 258 g/mol. The van der Waals surface area contributed by atoms with Crippen molar-refractivity contribution in [3.8, 4) is 0 Å². The molecule has 3 N–H and O–H groups in total. The predicted molar refractivity (Wildman–Crippen MR) is 74.5 cm³/mol. The second kappa shape index (κ2) is 6.26. The summed E-state index contributed by atoms with van der Waals surface area (Å²) < 4.78 is 5.10. The molecule has 0 aliphatic heterocycles. The number of anilines is 1. The maximum atomic E-state index is 5.43. The minimum absolute atomic E-state index is 0.442. The molecule has 0 bridgehead atoms. The first-order valence-corrected chi connectivity index (χ1v) is 6.10. The largest absolute Gasteiger partial charge is 0.378 e. The Hall–Kier alpha value is -1.98. The van der Waals surface area contributed by atoms with Gasteiger partial charge in [0.05, 0.1) is 12.3 Å². The molecule has 2 rings (SSSR count). The number of aryl methyl sites for hydroxylation is 1. The van der Waals surface area contributed by atoms with Gasteiger partial charge in [-0.1, -0.05) is 24.3 Å². The highest BCUT2D eigenvalue weighted by Crippen LogP contribution is 2.13. The van der Waals surface area contributed by atoms with E-state index in [1.54, 1.807) is 13.2 Å². The Morgan fingerprint density at radius 2 is 2.05 bits per heavy atom. The Morgan fingerprint density at radius 3 is 2.74 bits per heavy atom. The number of hydrazine groups is 1. The normalized spacial score (nSPS) is 10.5. The van der Waals surface area contributed by atoms with Gasteiger partial charge in [-0.2, -0.15) is 0 Å². The maximum absolute atomic E-state index is 5.43. The van der Waals surface area contributed by atoms with Crippen LogP contribution < -0.4 is 11.3 Å². The summed E-state index contributed by atoms with van der Waals surface area (Å²) in [6.07, 6.45) is 0.679. The predicted octanol–water partition coefficient (Wildman–Crippen LogP) is 1.81. The number of ether oxygens (including phenoxy) is 1. The van der Waals surface area contributed by atoms with Gasteiger partial charge in [0.2, 0.25) is 0 Å². The fourth-order valence-electron chi connectivity index (χ4n) is 1.91. The van der Waals surface area contributed by atoms with Crippen LogP contribution in [0.15, 0.2) is 30.3 Å². The average Bonchev–Trinajstić information content (AvgIpc) is 2.41. The lowest BCUT2D eigenvalue weighted by atomic mass is 10.1. The van der Waals surface area contributed by atoms with Gasteiger partial charge in [-0.05, 0) is 18.1 Å². The van der Waals surface area contributed by atoms with Crippen molar-refractivity contribution in [3.05, 3.63) is 53.0 Å². The van der Waals surface area contributed by atoms with Crippen molar-refractivity contribution >= 4 is 5.82 Å². The maximum Gasteiger partial charge on any atom is 0.144 e. The van der Waals surface area contributed by atoms with Crippen LogP contribution >= 0.6 is 0 Å². The van der Waals surface area contributed by atoms with Gasteiger partial charge in [-0.15, -0.1) is 0 Å². The Morgan fingerprint density at radius 1 is 1.26 bits per heavy atom. The van der Waals surface area contributed by atoms with Crippen molar-refractivity contribution < 1.29 is 4.74 Å². The first kappa shape index (κ1) is 13.5. The number of aromatic nitrogens is 2. The number of nitrogens with one attached hydrogen (secondary N) is 1. The van der Waals surface area contributed by atoms with Gasteiger partial charge in [-0.3, -0.25) is 0 Å². The molecule has 0 fully saturated rings. The van der Waals surface area contributed by atoms with Gasteiger partial charge < -0.3 is 10.2 Å². The molecule has 5 heteroatoms. The third-order valence-corrected chi connectivity index (χ3v) is 2.88. The minimum atomic E-state index is 0.442. The van der Waals surface area contributed by atoms with E-state index >= 15 is 0 Å². The quantitative estimate of drug-likeness (QED) is 0.632. The van der Waals surface area contributed by atoms with Gasteiger partial charge >= 0.3 is 0 Å². The molecule has 0 amide bonds. The van der Waals surface area contributed by atoms with Crippen LogP contribution in [0.25, 0.3) is 0 Å². The van der Waals surface area contributed by atoms with Crippen LogP contribution in [0.1, 0.15) is 22.6 Å². The molecule has 0 aliphatic rings. The van der Waals surface area contributed by atoms with Gasteiger partial charge in [0.1, 0.15) is 11.6 Å². The Bertz CT molecular complexity index is 557. The standard InChI is InChI=1S/C14H18N4O/c1-10-5-3-4-6-11(10)7-13-16-12(9-19-2)8-14(17-13)18-15/h3-6,8H,7,9,15H2,1-2H3,(H,16,17,18). The lowest BCUT2D eigenvalue weighted by molar-refractivity contribution is 0.181. The summed E-state index contributed by atoms with van der Waals surface area (Å²) in [6, 6.07) is 9.98. The zero-order valence-corrected chi connectivity index (χ0v) is 11.2. The molecule has 100 valence electrons. The molecule has 0 spiro atoms. The van der Waals surface area contributed by atoms with Crippen LogP contribution in [-0.2, 0) is 17.8 Å². The van der Waals surface area contributed by atoms with Crippen molar-refractivity contribution in [3.63, 3.8) is 0 Å². The number of nitrogen functional groups attached to an aromatic ring is 1. The average molecular weight is 258 g/mol. The topological polar surface area (TPSA) is 73.1 Å². The van der Waals surface area contributed by atoms with Crippen molar-refractivity contribution in [2.75, 3.05) is 12.5 Å². The van der Waals surface area contributed by atoms with E-state index < -0.39 is 0 Å². The van der Waals surface area contributed by atoms with Crippen molar-refractivity contribution in [2.45, 2.75) is 20.0 Å². The highest BCUT2D eigenvalue weighted by Gasteiger charge is 2.06. The molecule has 1 aromatic heterocycles. The summed E-state index contributed by atoms with van der Waals surface area (Å²) in [5.74, 6) is 6.76. The molecule has 1 aromatic carbocycles. The molecule has 5 nitrogen and oxygen atoms in total. The zero-order valence-electron chi connectivity index (χ0n) is 11.2. The number of nitrogens with zero attached hydrogens (tertiary/aromatic N) is 2. The highest BCUT2D eigenvalue weighted by molar-refractivity contribution is 5.36. The van der Waals surface area contributed by atoms with Crippen molar-refractivity contribution in [1.82, 2.24) is 9.97 Å². The fraction of sp³-hybridized carbons (Fsp3) is 0.286. The number of benzene rings is 1. The number of hydrogen-bond donors (Lipinski definition) is 2. The van der Waals surface area contributed by atoms with E-state index in [0.717, 1.165) is 11.5 Å². The van der Waals surface area contributed by atoms with Crippen LogP contribution in [0, 0.1) is 6.92 Å². The van der Waals surface area contributed by atoms with Crippen LogP contribution in [0.3, 0.4) is 0 Å². The Balaban J connectivity index is 2.29. The molecule has 0 atom stereocenters. The van der Waals surface area contributed by atoms with E-state index in [2.05, 4.69) is 34.5 Å². The fourth-order valence-corrected chi connectivity index (χ4v) is 1.91. The van der Waals surface area contributed by atoms with E-state index in [0.29, 0.717) is 18.8 Å². The lowest BCUT2D eigenvalue weighted by Crippen LogP contribution is -2.12. The molecular weight excluding hydrogens is 240 g/mol. The molecule has 0 saturated carbocycles. The van der Waals surface area contributed by atoms with Gasteiger partial charge in [0, 0.05) is 19.6 Å². The van der Waals surface area contributed by atoms with E-state index in [4.69, 9.17) is 10.6 Å². The molecule has 0 unspecified atom stereocenters. The smallest absolute Gasteiger partial charge is 0.144 e. The molecular formula is C14H18N4O. The summed E-state index contributed by atoms with van der Waals surface area (Å²) >= 11 is 0. The Labute approximate surface area is 112 Å². The van der Waals surface area contributed by atoms with Crippen LogP contribution in [-0.4, -0.2) is 17.1 Å². The molecule has 0 saturated heterocycles. The van der Waals surface area contributed by atoms with E-state index in [-0.39, 0.29) is 0 Å². The van der Waals surface area contributed by atoms with Gasteiger partial charge in [0.25, 0.3) is 0 Å². The number of nitrogens with two attached hydrogens (primary N) is 1. The van der Waals surface area contributed by atoms with E-state index in [1.165, 1.54) is 11.1 Å².